The van der Waals surface area contributed by atoms with E-state index in [2.05, 4.69) is 26.1 Å². The highest BCUT2D eigenvalue weighted by Crippen LogP contribution is 2.27. The Balaban J connectivity index is 2.09. The molecule has 3 heteroatoms. The van der Waals surface area contributed by atoms with Crippen LogP contribution in [0, 0.1) is 5.41 Å². The predicted molar refractivity (Wildman–Crippen MR) is 69.9 cm³/mol. The fourth-order valence-corrected chi connectivity index (χ4v) is 2.51. The molecule has 0 amide bonds. The van der Waals surface area contributed by atoms with E-state index in [-0.39, 0.29) is 12.0 Å². The molecule has 100 valence electrons. The quantitative estimate of drug-likeness (QED) is 0.550. The van der Waals surface area contributed by atoms with Crippen LogP contribution >= 0.6 is 0 Å². The second-order valence-electron chi connectivity index (χ2n) is 5.83. The van der Waals surface area contributed by atoms with E-state index in [1.165, 1.54) is 12.8 Å². The van der Waals surface area contributed by atoms with Crippen LogP contribution in [0.2, 0.25) is 0 Å². The summed E-state index contributed by atoms with van der Waals surface area (Å²) in [5, 5.41) is 3.16. The molecular weight excluding hydrogens is 214 g/mol. The zero-order valence-corrected chi connectivity index (χ0v) is 11.6. The normalized spacial score (nSPS) is 20.5. The number of rotatable bonds is 7. The Morgan fingerprint density at radius 1 is 1.41 bits per heavy atom. The first-order chi connectivity index (χ1) is 8.05. The number of nitrogens with one attached hydrogen (secondary N) is 1. The summed E-state index contributed by atoms with van der Waals surface area (Å²) in [5.41, 5.74) is 0.382. The van der Waals surface area contributed by atoms with E-state index >= 15 is 0 Å². The molecular formula is C14H27NO2. The van der Waals surface area contributed by atoms with Gasteiger partial charge in [-0.2, -0.15) is 0 Å². The third kappa shape index (κ3) is 5.53. The topological polar surface area (TPSA) is 38.3 Å². The molecule has 17 heavy (non-hydrogen) atoms. The van der Waals surface area contributed by atoms with Gasteiger partial charge in [-0.05, 0) is 44.1 Å². The summed E-state index contributed by atoms with van der Waals surface area (Å²) in [6.07, 6.45) is 6.59. The minimum absolute atomic E-state index is 0.0429. The zero-order chi connectivity index (χ0) is 12.7. The molecule has 1 rings (SSSR count). The molecule has 0 saturated carbocycles. The maximum Gasteiger partial charge on any atom is 0.323 e. The molecule has 3 nitrogen and oxygen atoms in total. The molecule has 0 aromatic carbocycles. The van der Waals surface area contributed by atoms with Crippen LogP contribution in [-0.4, -0.2) is 25.2 Å². The highest BCUT2D eigenvalue weighted by molar-refractivity contribution is 5.76. The van der Waals surface area contributed by atoms with Gasteiger partial charge in [0.15, 0.2) is 0 Å². The van der Waals surface area contributed by atoms with Gasteiger partial charge in [-0.1, -0.05) is 27.2 Å². The van der Waals surface area contributed by atoms with Crippen molar-refractivity contribution in [3.8, 4) is 0 Å². The Morgan fingerprint density at radius 2 is 2.18 bits per heavy atom. The van der Waals surface area contributed by atoms with Crippen molar-refractivity contribution in [2.24, 2.45) is 5.41 Å². The maximum absolute atomic E-state index is 11.6. The van der Waals surface area contributed by atoms with Gasteiger partial charge < -0.3 is 10.1 Å². The summed E-state index contributed by atoms with van der Waals surface area (Å²) in [6.45, 7) is 8.31. The molecule has 0 bridgehead atoms. The summed E-state index contributed by atoms with van der Waals surface area (Å²) in [5.74, 6) is -0.0594. The van der Waals surface area contributed by atoms with Gasteiger partial charge >= 0.3 is 5.97 Å². The number of esters is 1. The van der Waals surface area contributed by atoms with Crippen molar-refractivity contribution in [3.05, 3.63) is 0 Å². The van der Waals surface area contributed by atoms with Crippen LogP contribution < -0.4 is 5.32 Å². The first-order valence-corrected chi connectivity index (χ1v) is 6.95. The Hall–Kier alpha value is -0.570. The van der Waals surface area contributed by atoms with Crippen molar-refractivity contribution in [2.45, 2.75) is 65.3 Å². The predicted octanol–water partition coefficient (Wildman–Crippen LogP) is 2.89. The lowest BCUT2D eigenvalue weighted by atomic mass is 9.83. The number of carbonyl (C=O) groups is 1. The average molecular weight is 241 g/mol. The summed E-state index contributed by atoms with van der Waals surface area (Å²) in [6, 6.07) is -0.0429. The second kappa shape index (κ2) is 7.00. The minimum atomic E-state index is -0.0594. The van der Waals surface area contributed by atoms with Crippen LogP contribution in [-0.2, 0) is 9.53 Å². The Morgan fingerprint density at radius 3 is 2.76 bits per heavy atom. The Kier molecular flexibility index (Phi) is 5.96. The van der Waals surface area contributed by atoms with E-state index in [1.807, 2.05) is 0 Å². The molecule has 1 aliphatic rings. The molecule has 0 aromatic heterocycles. The average Bonchev–Trinajstić information content (AvgIpc) is 2.77. The molecule has 1 N–H and O–H groups in total. The van der Waals surface area contributed by atoms with E-state index in [9.17, 15) is 4.79 Å². The van der Waals surface area contributed by atoms with Crippen LogP contribution in [0.5, 0.6) is 0 Å². The summed E-state index contributed by atoms with van der Waals surface area (Å²) >= 11 is 0. The van der Waals surface area contributed by atoms with Crippen LogP contribution in [0.1, 0.15) is 59.3 Å². The van der Waals surface area contributed by atoms with Gasteiger partial charge in [0.05, 0.1) is 6.61 Å². The monoisotopic (exact) mass is 241 g/mol. The van der Waals surface area contributed by atoms with Crippen LogP contribution in [0.3, 0.4) is 0 Å². The molecule has 1 fully saturated rings. The minimum Gasteiger partial charge on any atom is -0.465 e. The maximum atomic E-state index is 11.6. The third-order valence-electron chi connectivity index (χ3n) is 3.51. The van der Waals surface area contributed by atoms with Crippen molar-refractivity contribution in [2.75, 3.05) is 13.2 Å². The van der Waals surface area contributed by atoms with Crippen LogP contribution in [0.25, 0.3) is 0 Å². The number of hydrogen-bond acceptors (Lipinski definition) is 3. The second-order valence-corrected chi connectivity index (χ2v) is 5.83. The number of hydrogen-bond donors (Lipinski definition) is 1. The van der Waals surface area contributed by atoms with Gasteiger partial charge in [0.25, 0.3) is 0 Å². The van der Waals surface area contributed by atoms with Gasteiger partial charge in [0.1, 0.15) is 6.04 Å². The first-order valence-electron chi connectivity index (χ1n) is 6.95. The lowest BCUT2D eigenvalue weighted by Gasteiger charge is -2.23. The standard InChI is InChI=1S/C14H27NO2/c1-4-8-14(2,3)9-6-11-17-13(16)12-7-5-10-15-12/h12,15H,4-11H2,1-3H3/t12-/m0/s1. The van der Waals surface area contributed by atoms with E-state index in [1.54, 1.807) is 0 Å². The van der Waals surface area contributed by atoms with Crippen LogP contribution in [0.15, 0.2) is 0 Å². The van der Waals surface area contributed by atoms with Crippen molar-refractivity contribution >= 4 is 5.97 Å². The summed E-state index contributed by atoms with van der Waals surface area (Å²) < 4.78 is 5.30. The number of carbonyl (C=O) groups excluding carboxylic acids is 1. The smallest absolute Gasteiger partial charge is 0.323 e. The Bertz CT molecular complexity index is 232. The molecule has 1 aliphatic heterocycles. The van der Waals surface area contributed by atoms with E-state index < -0.39 is 0 Å². The first kappa shape index (κ1) is 14.5. The van der Waals surface area contributed by atoms with Crippen molar-refractivity contribution in [3.63, 3.8) is 0 Å². The fourth-order valence-electron chi connectivity index (χ4n) is 2.51. The van der Waals surface area contributed by atoms with E-state index in [0.29, 0.717) is 12.0 Å². The van der Waals surface area contributed by atoms with Gasteiger partial charge in [-0.3, -0.25) is 4.79 Å². The Labute approximate surface area is 105 Å². The molecule has 0 radical (unpaired) electrons. The van der Waals surface area contributed by atoms with Crippen LogP contribution in [0.4, 0.5) is 0 Å². The van der Waals surface area contributed by atoms with Gasteiger partial charge in [0, 0.05) is 0 Å². The molecule has 0 aromatic rings. The molecule has 1 heterocycles. The van der Waals surface area contributed by atoms with Crippen molar-refractivity contribution in [1.82, 2.24) is 5.32 Å². The molecule has 0 spiro atoms. The lowest BCUT2D eigenvalue weighted by Crippen LogP contribution is -2.32. The SMILES string of the molecule is CCCC(C)(C)CCCOC(=O)[C@@H]1CCCN1. The molecule has 0 unspecified atom stereocenters. The van der Waals surface area contributed by atoms with Crippen molar-refractivity contribution < 1.29 is 9.53 Å². The highest BCUT2D eigenvalue weighted by atomic mass is 16.5. The van der Waals surface area contributed by atoms with Gasteiger partial charge in [-0.25, -0.2) is 0 Å². The van der Waals surface area contributed by atoms with Crippen molar-refractivity contribution in [1.29, 1.82) is 0 Å². The van der Waals surface area contributed by atoms with E-state index in [4.69, 9.17) is 4.74 Å². The third-order valence-corrected chi connectivity index (χ3v) is 3.51. The largest absolute Gasteiger partial charge is 0.465 e. The molecule has 1 saturated heterocycles. The van der Waals surface area contributed by atoms with Gasteiger partial charge in [0.2, 0.25) is 0 Å². The summed E-state index contributed by atoms with van der Waals surface area (Å²) in [4.78, 5) is 11.6. The fraction of sp³-hybridized carbons (Fsp3) is 0.929. The zero-order valence-electron chi connectivity index (χ0n) is 11.6. The summed E-state index contributed by atoms with van der Waals surface area (Å²) in [7, 11) is 0. The molecule has 0 aliphatic carbocycles. The van der Waals surface area contributed by atoms with E-state index in [0.717, 1.165) is 32.2 Å². The highest BCUT2D eigenvalue weighted by Gasteiger charge is 2.23. The number of ether oxygens (including phenoxy) is 1. The van der Waals surface area contributed by atoms with Gasteiger partial charge in [-0.15, -0.1) is 0 Å². The lowest BCUT2D eigenvalue weighted by molar-refractivity contribution is -0.146. The molecule has 1 atom stereocenters.